The van der Waals surface area contributed by atoms with Gasteiger partial charge >= 0.3 is 6.09 Å². The molecule has 0 aliphatic rings. The highest BCUT2D eigenvalue weighted by atomic mass is 16.6. The Bertz CT molecular complexity index is 1380. The molecule has 0 saturated heterocycles. The van der Waals surface area contributed by atoms with Crippen molar-refractivity contribution in [3.8, 4) is 5.75 Å². The molecule has 0 aliphatic carbocycles. The predicted molar refractivity (Wildman–Crippen MR) is 175 cm³/mol. The van der Waals surface area contributed by atoms with Crippen molar-refractivity contribution in [2.24, 2.45) is 0 Å². The lowest BCUT2D eigenvalue weighted by Crippen LogP contribution is -2.53. The van der Waals surface area contributed by atoms with Crippen LogP contribution in [0.4, 0.5) is 10.5 Å². The van der Waals surface area contributed by atoms with E-state index in [4.69, 9.17) is 9.47 Å². The van der Waals surface area contributed by atoms with Gasteiger partial charge in [-0.2, -0.15) is 0 Å². The first kappa shape index (κ1) is 34.2. The van der Waals surface area contributed by atoms with Crippen LogP contribution in [0.15, 0.2) is 72.8 Å². The van der Waals surface area contributed by atoms with Crippen LogP contribution in [0.2, 0.25) is 0 Å². The number of rotatable bonds is 13. The molecule has 0 spiro atoms. The number of aryl methyl sites for hydroxylation is 1. The van der Waals surface area contributed by atoms with Crippen LogP contribution in [0.25, 0.3) is 0 Å². The fourth-order valence-electron chi connectivity index (χ4n) is 5.00. The maximum absolute atomic E-state index is 14.7. The highest BCUT2D eigenvalue weighted by Crippen LogP contribution is 2.30. The molecular formula is C36H47N3O5. The molecule has 0 heterocycles. The number of anilines is 1. The summed E-state index contributed by atoms with van der Waals surface area (Å²) in [6.45, 7) is 11.7. The van der Waals surface area contributed by atoms with Crippen LogP contribution >= 0.6 is 0 Å². The molecule has 2 unspecified atom stereocenters. The van der Waals surface area contributed by atoms with E-state index in [2.05, 4.69) is 17.6 Å². The van der Waals surface area contributed by atoms with Gasteiger partial charge in [0.15, 0.2) is 0 Å². The van der Waals surface area contributed by atoms with Crippen LogP contribution in [-0.2, 0) is 20.7 Å². The summed E-state index contributed by atoms with van der Waals surface area (Å²) < 4.78 is 10.8. The number of amides is 3. The summed E-state index contributed by atoms with van der Waals surface area (Å²) in [5.41, 5.74) is 3.39. The number of hydrogen-bond acceptors (Lipinski definition) is 5. The van der Waals surface area contributed by atoms with E-state index in [1.807, 2.05) is 62.4 Å². The van der Waals surface area contributed by atoms with Gasteiger partial charge in [0, 0.05) is 18.7 Å². The first-order chi connectivity index (χ1) is 20.9. The molecule has 8 heteroatoms. The van der Waals surface area contributed by atoms with Crippen LogP contribution in [0.5, 0.6) is 5.75 Å². The van der Waals surface area contributed by atoms with Crippen molar-refractivity contribution in [3.63, 3.8) is 0 Å². The number of carbonyl (C=O) groups excluding carboxylic acids is 3. The Kier molecular flexibility index (Phi) is 12.4. The van der Waals surface area contributed by atoms with Gasteiger partial charge in [0.05, 0.1) is 7.11 Å². The fourth-order valence-corrected chi connectivity index (χ4v) is 5.00. The van der Waals surface area contributed by atoms with E-state index >= 15 is 0 Å². The molecule has 236 valence electrons. The van der Waals surface area contributed by atoms with Gasteiger partial charge in [-0.15, -0.1) is 0 Å². The summed E-state index contributed by atoms with van der Waals surface area (Å²) in [6.07, 6.45) is 2.07. The molecule has 2 atom stereocenters. The number of nitrogens with one attached hydrogen (secondary N) is 2. The van der Waals surface area contributed by atoms with E-state index in [-0.39, 0.29) is 18.2 Å². The molecule has 0 bridgehead atoms. The van der Waals surface area contributed by atoms with Crippen molar-refractivity contribution in [2.45, 2.75) is 84.9 Å². The monoisotopic (exact) mass is 601 g/mol. The Morgan fingerprint density at radius 2 is 1.57 bits per heavy atom. The van der Waals surface area contributed by atoms with Gasteiger partial charge < -0.3 is 25.0 Å². The van der Waals surface area contributed by atoms with Crippen LogP contribution in [-0.4, -0.2) is 48.1 Å². The van der Waals surface area contributed by atoms with Gasteiger partial charge in [-0.25, -0.2) is 4.79 Å². The summed E-state index contributed by atoms with van der Waals surface area (Å²) in [7, 11) is 1.58. The first-order valence-corrected chi connectivity index (χ1v) is 15.3. The van der Waals surface area contributed by atoms with Gasteiger partial charge in [-0.3, -0.25) is 9.59 Å². The Labute approximate surface area is 262 Å². The number of nitrogens with zero attached hydrogens (tertiary/aromatic N) is 1. The van der Waals surface area contributed by atoms with Crippen molar-refractivity contribution in [3.05, 3.63) is 95.1 Å². The van der Waals surface area contributed by atoms with Crippen LogP contribution in [0.3, 0.4) is 0 Å². The maximum Gasteiger partial charge on any atom is 0.408 e. The molecular weight excluding hydrogens is 554 g/mol. The average Bonchev–Trinajstić information content (AvgIpc) is 2.98. The molecule has 0 aliphatic heterocycles. The topological polar surface area (TPSA) is 97.0 Å². The molecule has 0 radical (unpaired) electrons. The number of ether oxygens (including phenoxy) is 2. The number of benzene rings is 3. The lowest BCUT2D eigenvalue weighted by molar-refractivity contribution is -0.140. The van der Waals surface area contributed by atoms with Crippen molar-refractivity contribution >= 4 is 23.6 Å². The highest BCUT2D eigenvalue weighted by molar-refractivity contribution is 5.99. The number of alkyl carbamates (subject to hydrolysis) is 1. The van der Waals surface area contributed by atoms with E-state index in [1.54, 1.807) is 57.0 Å². The van der Waals surface area contributed by atoms with Crippen molar-refractivity contribution in [1.29, 1.82) is 0 Å². The molecule has 3 aromatic carbocycles. The number of carbonyl (C=O) groups is 3. The van der Waals surface area contributed by atoms with E-state index in [9.17, 15) is 14.4 Å². The number of unbranched alkanes of at least 4 members (excludes halogenated alkanes) is 2. The zero-order valence-corrected chi connectivity index (χ0v) is 27.1. The van der Waals surface area contributed by atoms with Crippen LogP contribution < -0.4 is 15.4 Å². The normalized spacial score (nSPS) is 12.5. The number of methoxy groups -OCH3 is 1. The molecule has 0 saturated carbocycles. The Morgan fingerprint density at radius 1 is 0.886 bits per heavy atom. The fraction of sp³-hybridized carbons (Fsp3) is 0.417. The SMILES string of the molecule is CCCCCN(C(=O)C(Cc1ccccc1)NC(=O)OC(C)(C)C)C(C(=O)Nc1ccc(OC)cc1)c1cccc(C)c1C. The second-order valence-corrected chi connectivity index (χ2v) is 12.0. The molecule has 3 aromatic rings. The predicted octanol–water partition coefficient (Wildman–Crippen LogP) is 7.15. The van der Waals surface area contributed by atoms with Crippen molar-refractivity contribution in [2.75, 3.05) is 19.0 Å². The number of hydrogen-bond donors (Lipinski definition) is 2. The first-order valence-electron chi connectivity index (χ1n) is 15.3. The van der Waals surface area contributed by atoms with Crippen molar-refractivity contribution < 1.29 is 23.9 Å². The van der Waals surface area contributed by atoms with E-state index in [1.165, 1.54) is 0 Å². The third-order valence-electron chi connectivity index (χ3n) is 7.42. The summed E-state index contributed by atoms with van der Waals surface area (Å²) >= 11 is 0. The minimum atomic E-state index is -0.963. The lowest BCUT2D eigenvalue weighted by atomic mass is 9.94. The minimum absolute atomic E-state index is 0.239. The summed E-state index contributed by atoms with van der Waals surface area (Å²) in [4.78, 5) is 43.6. The van der Waals surface area contributed by atoms with Crippen molar-refractivity contribution in [1.82, 2.24) is 10.2 Å². The molecule has 8 nitrogen and oxygen atoms in total. The molecule has 44 heavy (non-hydrogen) atoms. The zero-order valence-electron chi connectivity index (χ0n) is 27.1. The van der Waals surface area contributed by atoms with E-state index < -0.39 is 23.8 Å². The van der Waals surface area contributed by atoms with Gasteiger partial charge in [0.25, 0.3) is 5.91 Å². The molecule has 3 amide bonds. The standard InChI is InChI=1S/C36H47N3O5/c1-8-9-13-23-39(34(41)31(24-27-16-11-10-12-17-27)38-35(42)44-36(4,5)6)32(30-18-14-15-25(2)26(30)3)33(40)37-28-19-21-29(43-7)22-20-28/h10-12,14-22,31-32H,8-9,13,23-24H2,1-7H3,(H,37,40)(H,38,42). The third-order valence-corrected chi connectivity index (χ3v) is 7.42. The van der Waals surface area contributed by atoms with Gasteiger partial charge in [0.2, 0.25) is 5.91 Å². The lowest BCUT2D eigenvalue weighted by Gasteiger charge is -2.35. The second-order valence-electron chi connectivity index (χ2n) is 12.0. The smallest absolute Gasteiger partial charge is 0.408 e. The Hall–Kier alpha value is -4.33. The van der Waals surface area contributed by atoms with Gasteiger partial charge in [0.1, 0.15) is 23.4 Å². The minimum Gasteiger partial charge on any atom is -0.497 e. The Balaban J connectivity index is 2.09. The highest BCUT2D eigenvalue weighted by Gasteiger charge is 2.37. The van der Waals surface area contributed by atoms with Gasteiger partial charge in [-0.1, -0.05) is 68.3 Å². The molecule has 3 rings (SSSR count). The maximum atomic E-state index is 14.7. The van der Waals surface area contributed by atoms with Gasteiger partial charge in [-0.05, 0) is 87.6 Å². The quantitative estimate of drug-likeness (QED) is 0.203. The Morgan fingerprint density at radius 3 is 2.18 bits per heavy atom. The molecule has 0 fully saturated rings. The summed E-state index contributed by atoms with van der Waals surface area (Å²) in [6, 6.07) is 20.5. The zero-order chi connectivity index (χ0) is 32.3. The van der Waals surface area contributed by atoms with Crippen LogP contribution in [0.1, 0.15) is 75.3 Å². The van der Waals surface area contributed by atoms with E-state index in [0.717, 1.165) is 35.1 Å². The van der Waals surface area contributed by atoms with Crippen LogP contribution in [0, 0.1) is 13.8 Å². The third kappa shape index (κ3) is 9.86. The molecule has 0 aromatic heterocycles. The summed E-state index contributed by atoms with van der Waals surface area (Å²) in [5, 5.41) is 5.85. The largest absolute Gasteiger partial charge is 0.497 e. The average molecular weight is 602 g/mol. The second kappa shape index (κ2) is 15.9. The van der Waals surface area contributed by atoms with E-state index in [0.29, 0.717) is 24.4 Å². The summed E-state index contributed by atoms with van der Waals surface area (Å²) in [5.74, 6) is -0.0292. The molecule has 2 N–H and O–H groups in total.